The lowest BCUT2D eigenvalue weighted by Crippen LogP contribution is -2.39. The number of rotatable bonds is 8. The van der Waals surface area contributed by atoms with Crippen LogP contribution in [0.15, 0.2) is 54.6 Å². The Morgan fingerprint density at radius 1 is 1.08 bits per heavy atom. The molecule has 0 aromatic heterocycles. The zero-order chi connectivity index (χ0) is 18.1. The molecule has 0 aliphatic rings. The minimum Gasteiger partial charge on any atom is -0.391 e. The van der Waals surface area contributed by atoms with Crippen LogP contribution in [0.3, 0.4) is 0 Å². The third-order valence-electron chi connectivity index (χ3n) is 3.94. The van der Waals surface area contributed by atoms with Crippen molar-refractivity contribution in [3.63, 3.8) is 0 Å². The quantitative estimate of drug-likeness (QED) is 0.691. The van der Waals surface area contributed by atoms with E-state index < -0.39 is 6.10 Å². The van der Waals surface area contributed by atoms with E-state index >= 15 is 0 Å². The van der Waals surface area contributed by atoms with Gasteiger partial charge in [-0.3, -0.25) is 0 Å². The van der Waals surface area contributed by atoms with Crippen LogP contribution < -0.4 is 10.6 Å². The van der Waals surface area contributed by atoms with Gasteiger partial charge in [0.1, 0.15) is 0 Å². The van der Waals surface area contributed by atoms with Crippen LogP contribution >= 0.6 is 0 Å². The van der Waals surface area contributed by atoms with Gasteiger partial charge >= 0.3 is 6.03 Å². The fourth-order valence-corrected chi connectivity index (χ4v) is 2.57. The maximum absolute atomic E-state index is 12.3. The lowest BCUT2D eigenvalue weighted by atomic mass is 9.98. The van der Waals surface area contributed by atoms with Gasteiger partial charge in [0.25, 0.3) is 0 Å². The van der Waals surface area contributed by atoms with Crippen molar-refractivity contribution >= 4 is 6.03 Å². The number of aliphatic hydroxyl groups excluding tert-OH is 1. The van der Waals surface area contributed by atoms with Gasteiger partial charge in [-0.15, -0.1) is 0 Å². The number of aryl methyl sites for hydroxylation is 1. The molecule has 0 heterocycles. The topological polar surface area (TPSA) is 70.6 Å². The van der Waals surface area contributed by atoms with E-state index in [1.165, 1.54) is 12.7 Å². The molecule has 5 nitrogen and oxygen atoms in total. The van der Waals surface area contributed by atoms with Crippen LogP contribution in [0.25, 0.3) is 0 Å². The van der Waals surface area contributed by atoms with Gasteiger partial charge in [0.05, 0.1) is 18.8 Å². The summed E-state index contributed by atoms with van der Waals surface area (Å²) in [6.07, 6.45) is -0.130. The maximum Gasteiger partial charge on any atom is 0.315 e. The summed E-state index contributed by atoms with van der Waals surface area (Å²) in [7, 11) is 1.54. The number of carbonyl (C=O) groups is 1. The van der Waals surface area contributed by atoms with Gasteiger partial charge in [0.15, 0.2) is 0 Å². The minimum atomic E-state index is -0.577. The molecule has 25 heavy (non-hydrogen) atoms. The molecule has 0 aliphatic heterocycles. The summed E-state index contributed by atoms with van der Waals surface area (Å²) < 4.78 is 4.87. The molecule has 3 N–H and O–H groups in total. The van der Waals surface area contributed by atoms with Gasteiger partial charge in [-0.25, -0.2) is 4.79 Å². The Bertz CT molecular complexity index is 644. The zero-order valence-electron chi connectivity index (χ0n) is 14.7. The highest BCUT2D eigenvalue weighted by Crippen LogP contribution is 2.22. The number of carbonyl (C=O) groups excluding carboxylic acids is 1. The van der Waals surface area contributed by atoms with E-state index in [0.29, 0.717) is 13.0 Å². The van der Waals surface area contributed by atoms with Crippen molar-refractivity contribution in [3.8, 4) is 0 Å². The van der Waals surface area contributed by atoms with E-state index in [4.69, 9.17) is 4.74 Å². The summed E-state index contributed by atoms with van der Waals surface area (Å²) in [5.74, 6) is 0. The first-order valence-electron chi connectivity index (χ1n) is 8.43. The molecule has 5 heteroatoms. The monoisotopic (exact) mass is 342 g/mol. The van der Waals surface area contributed by atoms with Gasteiger partial charge < -0.3 is 20.5 Å². The van der Waals surface area contributed by atoms with E-state index in [1.54, 1.807) is 0 Å². The van der Waals surface area contributed by atoms with Crippen molar-refractivity contribution in [1.82, 2.24) is 10.6 Å². The Hall–Kier alpha value is -2.37. The third kappa shape index (κ3) is 6.21. The molecule has 0 saturated carbocycles. The summed E-state index contributed by atoms with van der Waals surface area (Å²) in [4.78, 5) is 12.3. The Kier molecular flexibility index (Phi) is 7.44. The van der Waals surface area contributed by atoms with Crippen molar-refractivity contribution in [2.45, 2.75) is 25.5 Å². The largest absolute Gasteiger partial charge is 0.391 e. The highest BCUT2D eigenvalue weighted by Gasteiger charge is 2.16. The van der Waals surface area contributed by atoms with Crippen molar-refractivity contribution in [2.24, 2.45) is 0 Å². The first kappa shape index (κ1) is 19.0. The molecular formula is C20H26N2O3. The highest BCUT2D eigenvalue weighted by atomic mass is 16.5. The van der Waals surface area contributed by atoms with Gasteiger partial charge in [-0.1, -0.05) is 60.2 Å². The molecule has 0 bridgehead atoms. The number of methoxy groups -OCH3 is 1. The van der Waals surface area contributed by atoms with Crippen molar-refractivity contribution in [2.75, 3.05) is 20.3 Å². The molecule has 2 rings (SSSR count). The number of hydrogen-bond acceptors (Lipinski definition) is 3. The molecule has 2 aromatic rings. The number of urea groups is 1. The van der Waals surface area contributed by atoms with Crippen LogP contribution in [0.1, 0.15) is 29.2 Å². The van der Waals surface area contributed by atoms with Crippen LogP contribution in [0, 0.1) is 6.92 Å². The fourth-order valence-electron chi connectivity index (χ4n) is 2.57. The summed E-state index contributed by atoms with van der Waals surface area (Å²) in [6, 6.07) is 17.5. The first-order chi connectivity index (χ1) is 12.1. The molecule has 0 fully saturated rings. The van der Waals surface area contributed by atoms with Crippen LogP contribution in [0.4, 0.5) is 4.79 Å². The predicted molar refractivity (Wildman–Crippen MR) is 98.5 cm³/mol. The van der Waals surface area contributed by atoms with Gasteiger partial charge in [-0.2, -0.15) is 0 Å². The maximum atomic E-state index is 12.3. The molecule has 2 amide bonds. The Balaban J connectivity index is 2.01. The lowest BCUT2D eigenvalue weighted by Gasteiger charge is -2.20. The predicted octanol–water partition coefficient (Wildman–Crippen LogP) is 2.78. The Morgan fingerprint density at radius 2 is 1.72 bits per heavy atom. The van der Waals surface area contributed by atoms with Gasteiger partial charge in [0.2, 0.25) is 0 Å². The average molecular weight is 342 g/mol. The summed E-state index contributed by atoms with van der Waals surface area (Å²) in [5, 5.41) is 15.4. The second-order valence-corrected chi connectivity index (χ2v) is 6.05. The molecule has 0 spiro atoms. The number of amides is 2. The molecule has 0 aliphatic carbocycles. The SMILES string of the molecule is COCC(O)CCNC(=O)NC(c1ccccc1)c1ccc(C)cc1. The summed E-state index contributed by atoms with van der Waals surface area (Å²) in [5.41, 5.74) is 3.21. The molecule has 2 atom stereocenters. The van der Waals surface area contributed by atoms with E-state index in [-0.39, 0.29) is 18.7 Å². The van der Waals surface area contributed by atoms with Crippen molar-refractivity contribution < 1.29 is 14.6 Å². The molecule has 0 saturated heterocycles. The smallest absolute Gasteiger partial charge is 0.315 e. The van der Waals surface area contributed by atoms with E-state index in [1.807, 2.05) is 61.5 Å². The lowest BCUT2D eigenvalue weighted by molar-refractivity contribution is 0.0598. The third-order valence-corrected chi connectivity index (χ3v) is 3.94. The second-order valence-electron chi connectivity index (χ2n) is 6.05. The number of nitrogens with one attached hydrogen (secondary N) is 2. The van der Waals surface area contributed by atoms with Crippen LogP contribution in [-0.4, -0.2) is 37.5 Å². The zero-order valence-corrected chi connectivity index (χ0v) is 14.7. The Morgan fingerprint density at radius 3 is 2.36 bits per heavy atom. The van der Waals surface area contributed by atoms with E-state index in [2.05, 4.69) is 10.6 Å². The molecule has 2 unspecified atom stereocenters. The normalized spacial score (nSPS) is 13.1. The van der Waals surface area contributed by atoms with Crippen molar-refractivity contribution in [1.29, 1.82) is 0 Å². The van der Waals surface area contributed by atoms with E-state index in [9.17, 15) is 9.90 Å². The first-order valence-corrected chi connectivity index (χ1v) is 8.43. The van der Waals surface area contributed by atoms with Crippen LogP contribution in [0.2, 0.25) is 0 Å². The molecule has 0 radical (unpaired) electrons. The fraction of sp³-hybridized carbons (Fsp3) is 0.350. The number of hydrogen-bond donors (Lipinski definition) is 3. The number of aliphatic hydroxyl groups is 1. The van der Waals surface area contributed by atoms with Crippen LogP contribution in [-0.2, 0) is 4.74 Å². The summed E-state index contributed by atoms with van der Waals surface area (Å²) >= 11 is 0. The molecule has 2 aromatic carbocycles. The van der Waals surface area contributed by atoms with Crippen molar-refractivity contribution in [3.05, 3.63) is 71.3 Å². The Labute approximate surface area is 149 Å². The molecular weight excluding hydrogens is 316 g/mol. The highest BCUT2D eigenvalue weighted by molar-refractivity contribution is 5.75. The molecule has 134 valence electrons. The van der Waals surface area contributed by atoms with Gasteiger partial charge in [0, 0.05) is 13.7 Å². The van der Waals surface area contributed by atoms with E-state index in [0.717, 1.165) is 11.1 Å². The van der Waals surface area contributed by atoms with Gasteiger partial charge in [-0.05, 0) is 24.5 Å². The number of benzene rings is 2. The standard InChI is InChI=1S/C20H26N2O3/c1-15-8-10-17(11-9-15)19(16-6-4-3-5-7-16)22-20(24)21-13-12-18(23)14-25-2/h3-11,18-19,23H,12-14H2,1-2H3,(H2,21,22,24). The average Bonchev–Trinajstić information content (AvgIpc) is 2.61. The van der Waals surface area contributed by atoms with Crippen LogP contribution in [0.5, 0.6) is 0 Å². The second kappa shape index (κ2) is 9.81. The minimum absolute atomic E-state index is 0.231. The summed E-state index contributed by atoms with van der Waals surface area (Å²) in [6.45, 7) is 2.68. The number of ether oxygens (including phenoxy) is 1.